The van der Waals surface area contributed by atoms with Gasteiger partial charge in [0.1, 0.15) is 13.2 Å². The molecule has 1 unspecified atom stereocenters. The Bertz CT molecular complexity index is 1310. The highest BCUT2D eigenvalue weighted by molar-refractivity contribution is 5.71. The minimum absolute atomic E-state index is 0.108. The molecule has 0 heterocycles. The lowest BCUT2D eigenvalue weighted by molar-refractivity contribution is -0.167. The van der Waals surface area contributed by atoms with Gasteiger partial charge in [0.2, 0.25) is 0 Å². The van der Waals surface area contributed by atoms with Crippen molar-refractivity contribution in [1.82, 2.24) is 0 Å². The Balaban J connectivity index is 4.51. The van der Waals surface area contributed by atoms with Gasteiger partial charge < -0.3 is 14.2 Å². The molecule has 0 aliphatic rings. The number of hydrogen-bond acceptors (Lipinski definition) is 6. The van der Waals surface area contributed by atoms with E-state index in [0.717, 1.165) is 148 Å². The molecular weight excluding hydrogens is 769 g/mol. The average molecular weight is 859 g/mol. The zero-order valence-electron chi connectivity index (χ0n) is 39.8. The van der Waals surface area contributed by atoms with E-state index in [1.54, 1.807) is 0 Å². The standard InChI is InChI=1S/C56H90O6/c1-4-7-10-13-16-19-22-25-27-28-29-32-34-37-40-43-46-49-55(58)61-52-53(51-60-54(57)48-45-42-39-36-33-30-24-21-18-15-12-9-6-3)62-56(59)50-47-44-41-38-35-31-26-23-20-17-14-11-8-5-2/h7,9-10,12,14,16-19,21,23,25-27,29-30,32-33,53H,4-6,8,11,13,15,20,22,24,28,31,34-52H2,1-3H3/b10-7-,12-9-,17-14-,19-16-,21-18-,26-23-,27-25-,32-29-,33-30-. The van der Waals surface area contributed by atoms with E-state index in [0.29, 0.717) is 19.3 Å². The van der Waals surface area contributed by atoms with Gasteiger partial charge in [0.05, 0.1) is 0 Å². The van der Waals surface area contributed by atoms with Crippen molar-refractivity contribution in [3.8, 4) is 0 Å². The largest absolute Gasteiger partial charge is 0.462 e. The van der Waals surface area contributed by atoms with E-state index in [4.69, 9.17) is 14.2 Å². The van der Waals surface area contributed by atoms with Crippen LogP contribution in [0.25, 0.3) is 0 Å². The summed E-state index contributed by atoms with van der Waals surface area (Å²) in [5.41, 5.74) is 0. The maximum atomic E-state index is 12.8. The molecule has 0 rings (SSSR count). The van der Waals surface area contributed by atoms with E-state index in [9.17, 15) is 14.4 Å². The Kier molecular flexibility index (Phi) is 46.6. The molecule has 6 heteroatoms. The molecule has 0 bridgehead atoms. The van der Waals surface area contributed by atoms with Crippen molar-refractivity contribution in [2.45, 2.75) is 213 Å². The summed E-state index contributed by atoms with van der Waals surface area (Å²) in [5.74, 6) is -0.982. The number of rotatable bonds is 43. The topological polar surface area (TPSA) is 78.9 Å². The lowest BCUT2D eigenvalue weighted by atomic mass is 10.1. The normalized spacial score (nSPS) is 13.0. The van der Waals surface area contributed by atoms with Gasteiger partial charge in [-0.3, -0.25) is 14.4 Å². The first-order valence-electron chi connectivity index (χ1n) is 24.9. The van der Waals surface area contributed by atoms with E-state index < -0.39 is 6.10 Å². The van der Waals surface area contributed by atoms with Gasteiger partial charge in [0, 0.05) is 19.3 Å². The number of esters is 3. The number of allylic oxidation sites excluding steroid dienone is 18. The molecule has 350 valence electrons. The molecule has 62 heavy (non-hydrogen) atoms. The van der Waals surface area contributed by atoms with Crippen molar-refractivity contribution in [2.24, 2.45) is 0 Å². The molecule has 0 aliphatic heterocycles. The van der Waals surface area contributed by atoms with Crippen molar-refractivity contribution in [3.05, 3.63) is 109 Å². The first-order chi connectivity index (χ1) is 30.5. The quantitative estimate of drug-likeness (QED) is 0.0263. The van der Waals surface area contributed by atoms with Crippen molar-refractivity contribution in [2.75, 3.05) is 13.2 Å². The lowest BCUT2D eigenvalue weighted by Crippen LogP contribution is -2.30. The van der Waals surface area contributed by atoms with Crippen LogP contribution in [0.5, 0.6) is 0 Å². The first-order valence-corrected chi connectivity index (χ1v) is 24.9. The van der Waals surface area contributed by atoms with E-state index in [2.05, 4.69) is 130 Å². The molecular formula is C56H90O6. The predicted octanol–water partition coefficient (Wildman–Crippen LogP) is 16.4. The van der Waals surface area contributed by atoms with Crippen LogP contribution in [0.15, 0.2) is 109 Å². The van der Waals surface area contributed by atoms with Gasteiger partial charge in [-0.15, -0.1) is 0 Å². The average Bonchev–Trinajstić information content (AvgIpc) is 3.27. The monoisotopic (exact) mass is 859 g/mol. The summed E-state index contributed by atoms with van der Waals surface area (Å²) in [6.07, 6.45) is 66.4. The summed E-state index contributed by atoms with van der Waals surface area (Å²) in [5, 5.41) is 0. The third kappa shape index (κ3) is 47.1. The summed E-state index contributed by atoms with van der Waals surface area (Å²) in [6.45, 7) is 6.29. The zero-order valence-corrected chi connectivity index (χ0v) is 39.8. The third-order valence-corrected chi connectivity index (χ3v) is 9.99. The zero-order chi connectivity index (χ0) is 45.1. The van der Waals surface area contributed by atoms with Crippen molar-refractivity contribution < 1.29 is 28.6 Å². The van der Waals surface area contributed by atoms with Gasteiger partial charge in [-0.1, -0.05) is 182 Å². The van der Waals surface area contributed by atoms with Crippen LogP contribution in [-0.2, 0) is 28.6 Å². The summed E-state index contributed by atoms with van der Waals surface area (Å²) < 4.78 is 16.7. The SMILES string of the molecule is CC/C=C\C/C=C\C/C=C\C/C=C\CCCCCCC(=O)OCC(COC(=O)CCCCC/C=C\C/C=C\C/C=C\CC)OC(=O)CCCCCCC/C=C\C/C=C\CCCC. The van der Waals surface area contributed by atoms with Crippen LogP contribution in [-0.4, -0.2) is 37.2 Å². The molecule has 0 aromatic rings. The Morgan fingerprint density at radius 3 is 1.00 bits per heavy atom. The smallest absolute Gasteiger partial charge is 0.306 e. The van der Waals surface area contributed by atoms with Crippen LogP contribution in [0.2, 0.25) is 0 Å². The van der Waals surface area contributed by atoms with Gasteiger partial charge in [-0.2, -0.15) is 0 Å². The molecule has 0 aliphatic carbocycles. The van der Waals surface area contributed by atoms with Crippen molar-refractivity contribution >= 4 is 17.9 Å². The van der Waals surface area contributed by atoms with Crippen LogP contribution in [0.3, 0.4) is 0 Å². The third-order valence-electron chi connectivity index (χ3n) is 9.99. The first kappa shape index (κ1) is 58.1. The van der Waals surface area contributed by atoms with Gasteiger partial charge in [0.25, 0.3) is 0 Å². The van der Waals surface area contributed by atoms with Crippen LogP contribution in [0.1, 0.15) is 207 Å². The number of carbonyl (C=O) groups excluding carboxylic acids is 3. The number of unbranched alkanes of at least 4 members (excludes halogenated alkanes) is 14. The molecule has 0 amide bonds. The number of carbonyl (C=O) groups is 3. The fourth-order valence-corrected chi connectivity index (χ4v) is 6.29. The van der Waals surface area contributed by atoms with Crippen LogP contribution in [0, 0.1) is 0 Å². The Hall–Kier alpha value is -3.93. The molecule has 0 saturated carbocycles. The molecule has 0 N–H and O–H groups in total. The summed E-state index contributed by atoms with van der Waals surface area (Å²) >= 11 is 0. The molecule has 0 aromatic heterocycles. The minimum Gasteiger partial charge on any atom is -0.462 e. The molecule has 1 atom stereocenters. The molecule has 6 nitrogen and oxygen atoms in total. The van der Waals surface area contributed by atoms with Gasteiger partial charge in [0.15, 0.2) is 6.10 Å². The molecule has 0 fully saturated rings. The van der Waals surface area contributed by atoms with E-state index >= 15 is 0 Å². The maximum absolute atomic E-state index is 12.8. The second kappa shape index (κ2) is 49.7. The van der Waals surface area contributed by atoms with E-state index in [1.807, 2.05) is 0 Å². The van der Waals surface area contributed by atoms with Gasteiger partial charge in [-0.05, 0) is 116 Å². The highest BCUT2D eigenvalue weighted by Gasteiger charge is 2.19. The van der Waals surface area contributed by atoms with E-state index in [-0.39, 0.29) is 31.1 Å². The Morgan fingerprint density at radius 1 is 0.339 bits per heavy atom. The highest BCUT2D eigenvalue weighted by atomic mass is 16.6. The fraction of sp³-hybridized carbons (Fsp3) is 0.625. The number of ether oxygens (including phenoxy) is 3. The van der Waals surface area contributed by atoms with Gasteiger partial charge in [-0.25, -0.2) is 0 Å². The van der Waals surface area contributed by atoms with Crippen molar-refractivity contribution in [3.63, 3.8) is 0 Å². The Labute approximate surface area is 380 Å². The van der Waals surface area contributed by atoms with Crippen LogP contribution in [0.4, 0.5) is 0 Å². The van der Waals surface area contributed by atoms with Gasteiger partial charge >= 0.3 is 17.9 Å². The summed E-state index contributed by atoms with van der Waals surface area (Å²) in [4.78, 5) is 37.9. The highest BCUT2D eigenvalue weighted by Crippen LogP contribution is 2.12. The molecule has 0 aromatic carbocycles. The fourth-order valence-electron chi connectivity index (χ4n) is 6.29. The molecule has 0 saturated heterocycles. The summed E-state index contributed by atoms with van der Waals surface area (Å²) in [6, 6.07) is 0. The van der Waals surface area contributed by atoms with Crippen LogP contribution < -0.4 is 0 Å². The predicted molar refractivity (Wildman–Crippen MR) is 265 cm³/mol. The lowest BCUT2D eigenvalue weighted by Gasteiger charge is -2.18. The van der Waals surface area contributed by atoms with Crippen molar-refractivity contribution in [1.29, 1.82) is 0 Å². The minimum atomic E-state index is -0.809. The van der Waals surface area contributed by atoms with E-state index in [1.165, 1.54) is 19.3 Å². The molecule has 0 spiro atoms. The second-order valence-electron chi connectivity index (χ2n) is 16.0. The summed E-state index contributed by atoms with van der Waals surface area (Å²) in [7, 11) is 0. The second-order valence-corrected chi connectivity index (χ2v) is 16.0. The maximum Gasteiger partial charge on any atom is 0.306 e. The van der Waals surface area contributed by atoms with Crippen LogP contribution >= 0.6 is 0 Å². The Morgan fingerprint density at radius 2 is 0.629 bits per heavy atom. The molecule has 0 radical (unpaired) electrons. The number of hydrogen-bond donors (Lipinski definition) is 0.